The van der Waals surface area contributed by atoms with E-state index in [9.17, 15) is 14.5 Å². The number of nitrogens with zero attached hydrogens (tertiary/aromatic N) is 1. The van der Waals surface area contributed by atoms with E-state index >= 15 is 0 Å². The zero-order valence-electron chi connectivity index (χ0n) is 10.8. The molecule has 0 spiro atoms. The Kier molecular flexibility index (Phi) is 5.27. The molecule has 2 aromatic rings. The molecule has 0 aliphatic rings. The van der Waals surface area contributed by atoms with Gasteiger partial charge in [-0.2, -0.15) is 0 Å². The Morgan fingerprint density at radius 1 is 1.19 bits per heavy atom. The average Bonchev–Trinajstić information content (AvgIpc) is 2.42. The third-order valence-corrected chi connectivity index (χ3v) is 3.89. The van der Waals surface area contributed by atoms with E-state index in [0.717, 1.165) is 10.0 Å². The number of hydrogen-bond donors (Lipinski definition) is 1. The second-order valence-electron chi connectivity index (χ2n) is 4.37. The van der Waals surface area contributed by atoms with E-state index < -0.39 is 4.92 Å². The lowest BCUT2D eigenvalue weighted by atomic mass is 10.1. The van der Waals surface area contributed by atoms with Crippen LogP contribution in [0.15, 0.2) is 40.9 Å². The highest BCUT2D eigenvalue weighted by Gasteiger charge is 2.13. The smallest absolute Gasteiger partial charge is 0.273 e. The molecule has 4 nitrogen and oxygen atoms in total. The molecule has 0 fully saturated rings. The highest BCUT2D eigenvalue weighted by atomic mass is 79.9. The number of hydrogen-bond acceptors (Lipinski definition) is 3. The third kappa shape index (κ3) is 4.23. The van der Waals surface area contributed by atoms with Crippen molar-refractivity contribution in [1.82, 2.24) is 5.32 Å². The number of nitro benzene ring substituents is 1. The Morgan fingerprint density at radius 3 is 2.62 bits per heavy atom. The molecule has 0 amide bonds. The lowest BCUT2D eigenvalue weighted by Crippen LogP contribution is -2.14. The SMILES string of the molecule is O=[N+]([O-])c1ccc(Cl)cc1CNCc1cc(F)ccc1Br. The molecule has 0 aliphatic carbocycles. The highest BCUT2D eigenvalue weighted by Crippen LogP contribution is 2.23. The van der Waals surface area contributed by atoms with Crippen LogP contribution >= 0.6 is 27.5 Å². The molecule has 1 N–H and O–H groups in total. The van der Waals surface area contributed by atoms with E-state index in [1.165, 1.54) is 24.3 Å². The van der Waals surface area contributed by atoms with Crippen LogP contribution in [0.2, 0.25) is 5.02 Å². The summed E-state index contributed by atoms with van der Waals surface area (Å²) in [5.41, 5.74) is 1.23. The summed E-state index contributed by atoms with van der Waals surface area (Å²) in [6.07, 6.45) is 0. The van der Waals surface area contributed by atoms with E-state index in [2.05, 4.69) is 21.2 Å². The van der Waals surface area contributed by atoms with Gasteiger partial charge in [0, 0.05) is 34.2 Å². The largest absolute Gasteiger partial charge is 0.308 e. The second kappa shape index (κ2) is 6.98. The quantitative estimate of drug-likeness (QED) is 0.623. The van der Waals surface area contributed by atoms with Gasteiger partial charge in [0.05, 0.1) is 4.92 Å². The highest BCUT2D eigenvalue weighted by molar-refractivity contribution is 9.10. The summed E-state index contributed by atoms with van der Waals surface area (Å²) in [5.74, 6) is -0.330. The monoisotopic (exact) mass is 372 g/mol. The van der Waals surface area contributed by atoms with E-state index in [1.807, 2.05) is 0 Å². The normalized spacial score (nSPS) is 10.6. The van der Waals surface area contributed by atoms with E-state index in [4.69, 9.17) is 11.6 Å². The molecule has 7 heteroatoms. The van der Waals surface area contributed by atoms with Crippen LogP contribution in [-0.2, 0) is 13.1 Å². The van der Waals surface area contributed by atoms with Gasteiger partial charge in [0.1, 0.15) is 5.82 Å². The number of benzene rings is 2. The van der Waals surface area contributed by atoms with Crippen molar-refractivity contribution in [3.8, 4) is 0 Å². The van der Waals surface area contributed by atoms with Crippen LogP contribution in [0.3, 0.4) is 0 Å². The van der Waals surface area contributed by atoms with Crippen LogP contribution < -0.4 is 5.32 Å². The maximum atomic E-state index is 13.2. The molecule has 0 aliphatic heterocycles. The van der Waals surface area contributed by atoms with Crippen molar-refractivity contribution in [2.75, 3.05) is 0 Å². The van der Waals surface area contributed by atoms with Gasteiger partial charge in [-0.05, 0) is 35.9 Å². The van der Waals surface area contributed by atoms with Gasteiger partial charge in [0.15, 0.2) is 0 Å². The van der Waals surface area contributed by atoms with Gasteiger partial charge in [-0.15, -0.1) is 0 Å². The first-order valence-corrected chi connectivity index (χ1v) is 7.22. The first-order chi connectivity index (χ1) is 9.97. The average molecular weight is 374 g/mol. The Bertz CT molecular complexity index is 682. The van der Waals surface area contributed by atoms with Crippen LogP contribution in [-0.4, -0.2) is 4.92 Å². The molecule has 0 saturated carbocycles. The Labute approximate surface area is 134 Å². The summed E-state index contributed by atoms with van der Waals surface area (Å²) >= 11 is 9.19. The molecule has 0 aromatic heterocycles. The van der Waals surface area contributed by atoms with E-state index in [0.29, 0.717) is 17.1 Å². The van der Waals surface area contributed by atoms with Gasteiger partial charge in [-0.25, -0.2) is 4.39 Å². The summed E-state index contributed by atoms with van der Waals surface area (Å²) in [5, 5.41) is 14.4. The maximum absolute atomic E-state index is 13.2. The van der Waals surface area contributed by atoms with Gasteiger partial charge in [0.2, 0.25) is 0 Å². The minimum atomic E-state index is -0.453. The number of halogens is 3. The summed E-state index contributed by atoms with van der Waals surface area (Å²) in [7, 11) is 0. The van der Waals surface area contributed by atoms with Crippen LogP contribution in [0.4, 0.5) is 10.1 Å². The summed E-state index contributed by atoms with van der Waals surface area (Å²) < 4.78 is 13.9. The molecule has 0 radical (unpaired) electrons. The van der Waals surface area contributed by atoms with Gasteiger partial charge >= 0.3 is 0 Å². The molecule has 0 unspecified atom stereocenters. The molecule has 0 saturated heterocycles. The molecule has 0 bridgehead atoms. The Hall–Kier alpha value is -1.50. The Balaban J connectivity index is 2.08. The fourth-order valence-corrected chi connectivity index (χ4v) is 2.47. The van der Waals surface area contributed by atoms with Crippen LogP contribution in [0.5, 0.6) is 0 Å². The maximum Gasteiger partial charge on any atom is 0.273 e. The van der Waals surface area contributed by atoms with Gasteiger partial charge in [0.25, 0.3) is 5.69 Å². The van der Waals surface area contributed by atoms with E-state index in [-0.39, 0.29) is 18.0 Å². The predicted octanol–water partition coefficient (Wildman–Crippen LogP) is 4.44. The lowest BCUT2D eigenvalue weighted by molar-refractivity contribution is -0.385. The molecular formula is C14H11BrClFN2O2. The number of nitrogens with one attached hydrogen (secondary N) is 1. The lowest BCUT2D eigenvalue weighted by Gasteiger charge is -2.08. The Morgan fingerprint density at radius 2 is 1.90 bits per heavy atom. The van der Waals surface area contributed by atoms with Gasteiger partial charge < -0.3 is 5.32 Å². The minimum absolute atomic E-state index is 0.00482. The fraction of sp³-hybridized carbons (Fsp3) is 0.143. The zero-order chi connectivity index (χ0) is 15.4. The van der Waals surface area contributed by atoms with Crippen LogP contribution in [0.1, 0.15) is 11.1 Å². The number of rotatable bonds is 5. The molecular weight excluding hydrogens is 363 g/mol. The molecule has 21 heavy (non-hydrogen) atoms. The first-order valence-electron chi connectivity index (χ1n) is 6.05. The molecule has 110 valence electrons. The third-order valence-electron chi connectivity index (χ3n) is 2.88. The van der Waals surface area contributed by atoms with Gasteiger partial charge in [-0.3, -0.25) is 10.1 Å². The number of nitro groups is 1. The van der Waals surface area contributed by atoms with Crippen molar-refractivity contribution in [2.24, 2.45) is 0 Å². The van der Waals surface area contributed by atoms with Crippen molar-refractivity contribution >= 4 is 33.2 Å². The topological polar surface area (TPSA) is 55.2 Å². The minimum Gasteiger partial charge on any atom is -0.308 e. The van der Waals surface area contributed by atoms with Crippen molar-refractivity contribution in [2.45, 2.75) is 13.1 Å². The van der Waals surface area contributed by atoms with Crippen LogP contribution in [0, 0.1) is 15.9 Å². The fourth-order valence-electron chi connectivity index (χ4n) is 1.88. The van der Waals surface area contributed by atoms with Crippen molar-refractivity contribution < 1.29 is 9.31 Å². The van der Waals surface area contributed by atoms with Crippen molar-refractivity contribution in [3.63, 3.8) is 0 Å². The first kappa shape index (κ1) is 15.9. The van der Waals surface area contributed by atoms with Crippen molar-refractivity contribution in [1.29, 1.82) is 0 Å². The summed E-state index contributed by atoms with van der Waals surface area (Å²) in [4.78, 5) is 10.5. The molecule has 0 heterocycles. The van der Waals surface area contributed by atoms with Crippen molar-refractivity contribution in [3.05, 3.63) is 73.0 Å². The predicted molar refractivity (Wildman–Crippen MR) is 82.8 cm³/mol. The standard InChI is InChI=1S/C14H11BrClFN2O2/c15-13-3-2-12(17)6-9(13)7-18-8-10-5-11(16)1-4-14(10)19(20)21/h1-6,18H,7-8H2. The van der Waals surface area contributed by atoms with E-state index in [1.54, 1.807) is 12.1 Å². The summed E-state index contributed by atoms with van der Waals surface area (Å²) in [6.45, 7) is 0.641. The second-order valence-corrected chi connectivity index (χ2v) is 5.66. The molecule has 0 atom stereocenters. The molecule has 2 aromatic carbocycles. The molecule has 2 rings (SSSR count). The van der Waals surface area contributed by atoms with Gasteiger partial charge in [-0.1, -0.05) is 27.5 Å². The zero-order valence-corrected chi connectivity index (χ0v) is 13.1. The van der Waals surface area contributed by atoms with Crippen LogP contribution in [0.25, 0.3) is 0 Å². The summed E-state index contributed by atoms with van der Waals surface area (Å²) in [6, 6.07) is 8.78.